The van der Waals surface area contributed by atoms with Gasteiger partial charge in [-0.2, -0.15) is 0 Å². The quantitative estimate of drug-likeness (QED) is 0.887. The number of ether oxygens (including phenoxy) is 1. The summed E-state index contributed by atoms with van der Waals surface area (Å²) in [4.78, 5) is 2.00. The molecule has 0 fully saturated rings. The van der Waals surface area contributed by atoms with Gasteiger partial charge in [0.15, 0.2) is 0 Å². The van der Waals surface area contributed by atoms with Crippen LogP contribution in [0.5, 0.6) is 0 Å². The third-order valence-electron chi connectivity index (χ3n) is 3.55. The van der Waals surface area contributed by atoms with Crippen LogP contribution in [0.4, 0.5) is 10.1 Å². The summed E-state index contributed by atoms with van der Waals surface area (Å²) in [6, 6.07) is 14.7. The van der Waals surface area contributed by atoms with Crippen molar-refractivity contribution < 1.29 is 9.13 Å². The van der Waals surface area contributed by atoms with Crippen molar-refractivity contribution in [3.8, 4) is 0 Å². The zero-order valence-corrected chi connectivity index (χ0v) is 12.4. The highest BCUT2D eigenvalue weighted by Crippen LogP contribution is 2.26. The smallest absolute Gasteiger partial charge is 0.125 e. The molecule has 0 radical (unpaired) electrons. The zero-order valence-electron chi connectivity index (χ0n) is 12.4. The third kappa shape index (κ3) is 3.80. The van der Waals surface area contributed by atoms with E-state index in [2.05, 4.69) is 6.07 Å². The summed E-state index contributed by atoms with van der Waals surface area (Å²) in [6.07, 6.45) is 0. The van der Waals surface area contributed by atoms with Gasteiger partial charge in [-0.1, -0.05) is 30.3 Å². The minimum atomic E-state index is -0.247. The van der Waals surface area contributed by atoms with Crippen LogP contribution < -0.4 is 10.6 Å². The van der Waals surface area contributed by atoms with Crippen LogP contribution in [0.3, 0.4) is 0 Å². The highest BCUT2D eigenvalue weighted by Gasteiger charge is 2.16. The minimum absolute atomic E-state index is 0.0105. The van der Waals surface area contributed by atoms with Gasteiger partial charge in [0.05, 0.1) is 12.6 Å². The average Bonchev–Trinajstić information content (AvgIpc) is 2.49. The fourth-order valence-electron chi connectivity index (χ4n) is 2.45. The summed E-state index contributed by atoms with van der Waals surface area (Å²) < 4.78 is 18.6. The first kappa shape index (κ1) is 15.5. The molecular weight excluding hydrogens is 267 g/mol. The molecular formula is C17H21FN2O. The third-order valence-corrected chi connectivity index (χ3v) is 3.55. The van der Waals surface area contributed by atoms with Crippen molar-refractivity contribution in [2.75, 3.05) is 25.6 Å². The topological polar surface area (TPSA) is 38.5 Å². The molecule has 0 aromatic heterocycles. The molecule has 2 rings (SSSR count). The van der Waals surface area contributed by atoms with Crippen LogP contribution in [0.1, 0.15) is 17.2 Å². The lowest BCUT2D eigenvalue weighted by atomic mass is 10.0. The molecule has 0 aliphatic carbocycles. The molecule has 0 spiro atoms. The Kier molecular flexibility index (Phi) is 5.31. The zero-order chi connectivity index (χ0) is 15.2. The van der Waals surface area contributed by atoms with Crippen LogP contribution in [0.15, 0.2) is 48.5 Å². The van der Waals surface area contributed by atoms with Gasteiger partial charge in [-0.3, -0.25) is 0 Å². The molecule has 21 heavy (non-hydrogen) atoms. The van der Waals surface area contributed by atoms with E-state index in [1.807, 2.05) is 36.2 Å². The maximum atomic E-state index is 13.4. The number of methoxy groups -OCH3 is 1. The number of benzene rings is 2. The largest absolute Gasteiger partial charge is 0.380 e. The lowest BCUT2D eigenvalue weighted by Crippen LogP contribution is -2.30. The molecule has 0 amide bonds. The van der Waals surface area contributed by atoms with Crippen molar-refractivity contribution in [3.05, 3.63) is 65.5 Å². The number of likely N-dealkylation sites (N-methyl/N-ethyl adjacent to an activating group) is 1. The van der Waals surface area contributed by atoms with Gasteiger partial charge in [0.25, 0.3) is 0 Å². The predicted octanol–water partition coefficient (Wildman–Crippen LogP) is 3.11. The van der Waals surface area contributed by atoms with Gasteiger partial charge in [-0.05, 0) is 29.3 Å². The number of rotatable bonds is 6. The molecule has 0 saturated heterocycles. The number of nitrogens with zero attached hydrogens (tertiary/aromatic N) is 1. The van der Waals surface area contributed by atoms with Gasteiger partial charge >= 0.3 is 0 Å². The summed E-state index contributed by atoms with van der Waals surface area (Å²) in [5.74, 6) is -0.247. The maximum Gasteiger partial charge on any atom is 0.125 e. The molecule has 1 unspecified atom stereocenters. The highest BCUT2D eigenvalue weighted by atomic mass is 19.1. The Bertz CT molecular complexity index is 589. The Balaban J connectivity index is 2.28. The lowest BCUT2D eigenvalue weighted by Gasteiger charge is -2.30. The number of anilines is 1. The van der Waals surface area contributed by atoms with Crippen LogP contribution in [0.2, 0.25) is 0 Å². The van der Waals surface area contributed by atoms with Gasteiger partial charge in [-0.15, -0.1) is 0 Å². The molecule has 3 nitrogen and oxygen atoms in total. The molecule has 1 atom stereocenters. The van der Waals surface area contributed by atoms with Crippen molar-refractivity contribution in [2.24, 2.45) is 5.73 Å². The van der Waals surface area contributed by atoms with Crippen LogP contribution in [0, 0.1) is 5.82 Å². The summed E-state index contributed by atoms with van der Waals surface area (Å²) in [7, 11) is 3.60. The van der Waals surface area contributed by atoms with Crippen molar-refractivity contribution >= 4 is 5.69 Å². The van der Waals surface area contributed by atoms with E-state index >= 15 is 0 Å². The summed E-state index contributed by atoms with van der Waals surface area (Å²) in [5, 5.41) is 0. The number of nitrogens with two attached hydrogens (primary N) is 1. The number of hydrogen-bond donors (Lipinski definition) is 1. The number of halogens is 1. The predicted molar refractivity (Wildman–Crippen MR) is 83.8 cm³/mol. The second-order valence-corrected chi connectivity index (χ2v) is 5.02. The monoisotopic (exact) mass is 288 g/mol. The van der Waals surface area contributed by atoms with Gasteiger partial charge in [0.1, 0.15) is 5.82 Å². The van der Waals surface area contributed by atoms with Crippen molar-refractivity contribution in [1.29, 1.82) is 0 Å². The Morgan fingerprint density at radius 1 is 1.19 bits per heavy atom. The fraction of sp³-hybridized carbons (Fsp3) is 0.294. The van der Waals surface area contributed by atoms with E-state index in [9.17, 15) is 4.39 Å². The molecule has 0 bridgehead atoms. The van der Waals surface area contributed by atoms with Gasteiger partial charge in [-0.25, -0.2) is 4.39 Å². The highest BCUT2D eigenvalue weighted by molar-refractivity contribution is 5.48. The van der Waals surface area contributed by atoms with Crippen molar-refractivity contribution in [1.82, 2.24) is 0 Å². The Hall–Kier alpha value is -1.91. The molecule has 0 aliphatic heterocycles. The summed E-state index contributed by atoms with van der Waals surface area (Å²) in [6.45, 7) is 1.01. The second kappa shape index (κ2) is 7.20. The molecule has 2 aromatic carbocycles. The van der Waals surface area contributed by atoms with E-state index in [-0.39, 0.29) is 11.9 Å². The van der Waals surface area contributed by atoms with Crippen molar-refractivity contribution in [2.45, 2.75) is 12.6 Å². The van der Waals surface area contributed by atoms with E-state index < -0.39 is 0 Å². The van der Waals surface area contributed by atoms with E-state index in [1.54, 1.807) is 13.2 Å². The summed E-state index contributed by atoms with van der Waals surface area (Å²) >= 11 is 0. The van der Waals surface area contributed by atoms with Gasteiger partial charge in [0.2, 0.25) is 0 Å². The van der Waals surface area contributed by atoms with E-state index in [0.29, 0.717) is 13.2 Å². The SMILES string of the molecule is COCc1cccc(C(CN)N(C)c2cccc(F)c2)c1. The first-order chi connectivity index (χ1) is 10.2. The maximum absolute atomic E-state index is 13.4. The van der Waals surface area contributed by atoms with E-state index in [4.69, 9.17) is 10.5 Å². The molecule has 112 valence electrons. The van der Waals surface area contributed by atoms with Gasteiger partial charge in [0, 0.05) is 26.4 Å². The molecule has 4 heteroatoms. The van der Waals surface area contributed by atoms with Crippen LogP contribution >= 0.6 is 0 Å². The molecule has 0 saturated carbocycles. The summed E-state index contributed by atoms with van der Waals surface area (Å²) in [5.41, 5.74) is 8.94. The lowest BCUT2D eigenvalue weighted by molar-refractivity contribution is 0.185. The first-order valence-corrected chi connectivity index (χ1v) is 6.92. The molecule has 0 heterocycles. The second-order valence-electron chi connectivity index (χ2n) is 5.02. The first-order valence-electron chi connectivity index (χ1n) is 6.92. The van der Waals surface area contributed by atoms with E-state index in [0.717, 1.165) is 16.8 Å². The Labute approximate surface area is 125 Å². The van der Waals surface area contributed by atoms with E-state index in [1.165, 1.54) is 12.1 Å². The van der Waals surface area contributed by atoms with Crippen molar-refractivity contribution in [3.63, 3.8) is 0 Å². The minimum Gasteiger partial charge on any atom is -0.380 e. The Morgan fingerprint density at radius 2 is 1.95 bits per heavy atom. The normalized spacial score (nSPS) is 12.2. The molecule has 2 N–H and O–H groups in total. The molecule has 0 aliphatic rings. The average molecular weight is 288 g/mol. The fourth-order valence-corrected chi connectivity index (χ4v) is 2.45. The molecule has 2 aromatic rings. The standard InChI is InChI=1S/C17H21FN2O/c1-20(16-8-4-7-15(18)10-16)17(11-19)14-6-3-5-13(9-14)12-21-2/h3-10,17H,11-12,19H2,1-2H3. The van der Waals surface area contributed by atoms with Crippen LogP contribution in [-0.2, 0) is 11.3 Å². The number of hydrogen-bond acceptors (Lipinski definition) is 3. The Morgan fingerprint density at radius 3 is 2.62 bits per heavy atom. The van der Waals surface area contributed by atoms with Crippen LogP contribution in [-0.4, -0.2) is 20.7 Å². The van der Waals surface area contributed by atoms with Crippen LogP contribution in [0.25, 0.3) is 0 Å². The van der Waals surface area contributed by atoms with Gasteiger partial charge < -0.3 is 15.4 Å².